The van der Waals surface area contributed by atoms with E-state index >= 15 is 0 Å². The predicted molar refractivity (Wildman–Crippen MR) is 93.4 cm³/mol. The molecular formula is C17H20N4O6. The zero-order valence-electron chi connectivity index (χ0n) is 15.6. The van der Waals surface area contributed by atoms with Gasteiger partial charge in [0.1, 0.15) is 5.70 Å². The third-order valence-electron chi connectivity index (χ3n) is 4.12. The summed E-state index contributed by atoms with van der Waals surface area (Å²) in [6, 6.07) is 2.14. The standard InChI is InChI=1S/C17H20N4O6/c1-7(6-18)8-11-13(26-16(2,3)24-11)9(10(19)15(20)21(22)23)14-12(8)25-17(4,5)27-14/h7H,19-20H2,1-5H3/b15-10-. The van der Waals surface area contributed by atoms with Gasteiger partial charge in [-0.15, -0.1) is 0 Å². The molecule has 0 bridgehead atoms. The van der Waals surface area contributed by atoms with Crippen LogP contribution >= 0.6 is 0 Å². The lowest BCUT2D eigenvalue weighted by Crippen LogP contribution is -2.31. The SMILES string of the molecule is CC(C#N)c1c2c(c(/C(N)=C(\N)[N+](=O)[O-])c3c1OC(C)(C)O3)OC(C)(C)O2. The number of nitro groups is 1. The highest BCUT2D eigenvalue weighted by atomic mass is 16.7. The molecule has 1 unspecified atom stereocenters. The minimum absolute atomic E-state index is 0.0687. The van der Waals surface area contributed by atoms with Crippen molar-refractivity contribution in [2.75, 3.05) is 0 Å². The van der Waals surface area contributed by atoms with Crippen LogP contribution in [0.3, 0.4) is 0 Å². The summed E-state index contributed by atoms with van der Waals surface area (Å²) < 4.78 is 23.4. The minimum Gasteiger partial charge on any atom is -0.449 e. The number of rotatable bonds is 3. The van der Waals surface area contributed by atoms with Crippen LogP contribution in [0.5, 0.6) is 23.0 Å². The van der Waals surface area contributed by atoms with Crippen LogP contribution in [0, 0.1) is 21.4 Å². The molecule has 2 aliphatic rings. The monoisotopic (exact) mass is 376 g/mol. The lowest BCUT2D eigenvalue weighted by molar-refractivity contribution is -0.425. The lowest BCUT2D eigenvalue weighted by Gasteiger charge is -2.19. The number of nitrogens with zero attached hydrogens (tertiary/aromatic N) is 2. The fourth-order valence-electron chi connectivity index (χ4n) is 3.03. The van der Waals surface area contributed by atoms with E-state index in [2.05, 4.69) is 6.07 Å². The molecule has 0 amide bonds. The van der Waals surface area contributed by atoms with Gasteiger partial charge in [0.25, 0.3) is 0 Å². The largest absolute Gasteiger partial charge is 0.449 e. The van der Waals surface area contributed by atoms with Crippen molar-refractivity contribution in [3.8, 4) is 29.1 Å². The van der Waals surface area contributed by atoms with E-state index in [0.717, 1.165) is 0 Å². The first kappa shape index (κ1) is 18.4. The summed E-state index contributed by atoms with van der Waals surface area (Å²) in [5.41, 5.74) is 11.7. The Morgan fingerprint density at radius 1 is 1.04 bits per heavy atom. The highest BCUT2D eigenvalue weighted by Gasteiger charge is 2.47. The Hall–Kier alpha value is -3.35. The highest BCUT2D eigenvalue weighted by Crippen LogP contribution is 2.60. The van der Waals surface area contributed by atoms with Crippen molar-refractivity contribution in [1.29, 1.82) is 5.26 Å². The van der Waals surface area contributed by atoms with Gasteiger partial charge in [0.15, 0.2) is 23.0 Å². The number of nitrogens with two attached hydrogens (primary N) is 2. The molecule has 10 nitrogen and oxygen atoms in total. The number of ether oxygens (including phenoxy) is 4. The van der Waals surface area contributed by atoms with Gasteiger partial charge < -0.3 is 34.8 Å². The van der Waals surface area contributed by atoms with Gasteiger partial charge in [0, 0.05) is 27.7 Å². The molecule has 144 valence electrons. The number of nitriles is 1. The molecule has 27 heavy (non-hydrogen) atoms. The van der Waals surface area contributed by atoms with Crippen LogP contribution in [0.1, 0.15) is 51.7 Å². The number of benzene rings is 1. The Bertz CT molecular complexity index is 883. The maximum absolute atomic E-state index is 11.1. The molecule has 0 radical (unpaired) electrons. The van der Waals surface area contributed by atoms with E-state index in [1.807, 2.05) is 0 Å². The summed E-state index contributed by atoms with van der Waals surface area (Å²) in [6.45, 7) is 8.30. The summed E-state index contributed by atoms with van der Waals surface area (Å²) in [6.07, 6.45) is 0. The fraction of sp³-hybridized carbons (Fsp3) is 0.471. The third-order valence-corrected chi connectivity index (χ3v) is 4.12. The van der Waals surface area contributed by atoms with Crippen molar-refractivity contribution in [2.45, 2.75) is 52.1 Å². The van der Waals surface area contributed by atoms with Crippen molar-refractivity contribution < 1.29 is 23.9 Å². The van der Waals surface area contributed by atoms with Crippen LogP contribution < -0.4 is 30.4 Å². The molecule has 1 aromatic rings. The van der Waals surface area contributed by atoms with Gasteiger partial charge in [-0.1, -0.05) is 0 Å². The Kier molecular flexibility index (Phi) is 3.81. The number of fused-ring (bicyclic) bond motifs is 2. The maximum atomic E-state index is 11.1. The summed E-state index contributed by atoms with van der Waals surface area (Å²) in [4.78, 5) is 10.3. The first-order valence-corrected chi connectivity index (χ1v) is 8.18. The number of hydrogen-bond donors (Lipinski definition) is 2. The summed E-state index contributed by atoms with van der Waals surface area (Å²) in [7, 11) is 0. The van der Waals surface area contributed by atoms with E-state index in [0.29, 0.717) is 5.56 Å². The molecule has 0 saturated carbocycles. The zero-order valence-corrected chi connectivity index (χ0v) is 15.6. The Morgan fingerprint density at radius 3 is 1.81 bits per heavy atom. The quantitative estimate of drug-likeness (QED) is 0.596. The lowest BCUT2D eigenvalue weighted by atomic mass is 9.95. The molecule has 3 rings (SSSR count). The molecule has 10 heteroatoms. The molecule has 2 heterocycles. The normalized spacial score (nSPS) is 19.9. The average Bonchev–Trinajstić information content (AvgIpc) is 3.03. The molecule has 0 aliphatic carbocycles. The van der Waals surface area contributed by atoms with E-state index in [-0.39, 0.29) is 34.3 Å². The van der Waals surface area contributed by atoms with Crippen molar-refractivity contribution >= 4 is 5.70 Å². The van der Waals surface area contributed by atoms with Crippen LogP contribution in [0.15, 0.2) is 5.82 Å². The average molecular weight is 376 g/mol. The van der Waals surface area contributed by atoms with Gasteiger partial charge in [-0.2, -0.15) is 5.26 Å². The highest BCUT2D eigenvalue weighted by molar-refractivity contribution is 5.83. The van der Waals surface area contributed by atoms with Crippen molar-refractivity contribution in [3.63, 3.8) is 0 Å². The topological polar surface area (TPSA) is 156 Å². The smallest absolute Gasteiger partial charge is 0.338 e. The second-order valence-electron chi connectivity index (χ2n) is 7.22. The summed E-state index contributed by atoms with van der Waals surface area (Å²) in [5.74, 6) is -2.87. The zero-order chi connectivity index (χ0) is 20.3. The number of hydrogen-bond acceptors (Lipinski definition) is 9. The van der Waals surface area contributed by atoms with E-state index in [1.165, 1.54) is 0 Å². The predicted octanol–water partition coefficient (Wildman–Crippen LogP) is 2.15. The first-order chi connectivity index (χ1) is 12.4. The molecule has 0 spiro atoms. The molecule has 1 atom stereocenters. The van der Waals surface area contributed by atoms with Crippen molar-refractivity contribution in [2.24, 2.45) is 11.5 Å². The van der Waals surface area contributed by atoms with E-state index < -0.39 is 28.2 Å². The molecule has 0 aromatic heterocycles. The molecule has 0 fully saturated rings. The van der Waals surface area contributed by atoms with Gasteiger partial charge in [0.05, 0.1) is 23.1 Å². The van der Waals surface area contributed by atoms with Crippen LogP contribution in [0.4, 0.5) is 0 Å². The van der Waals surface area contributed by atoms with E-state index in [4.69, 9.17) is 30.4 Å². The van der Waals surface area contributed by atoms with Crippen LogP contribution in [0.25, 0.3) is 5.70 Å². The van der Waals surface area contributed by atoms with Crippen molar-refractivity contribution in [1.82, 2.24) is 0 Å². The van der Waals surface area contributed by atoms with Crippen LogP contribution in [-0.2, 0) is 0 Å². The second-order valence-corrected chi connectivity index (χ2v) is 7.22. The van der Waals surface area contributed by atoms with Crippen molar-refractivity contribution in [3.05, 3.63) is 27.1 Å². The van der Waals surface area contributed by atoms with Gasteiger partial charge >= 0.3 is 5.82 Å². The second kappa shape index (κ2) is 5.57. The molecule has 0 saturated heterocycles. The fourth-order valence-corrected chi connectivity index (χ4v) is 3.03. The van der Waals surface area contributed by atoms with E-state index in [9.17, 15) is 15.4 Å². The van der Waals surface area contributed by atoms with Gasteiger partial charge in [0.2, 0.25) is 11.6 Å². The Morgan fingerprint density at radius 2 is 1.44 bits per heavy atom. The van der Waals surface area contributed by atoms with Gasteiger partial charge in [-0.3, -0.25) is 5.73 Å². The summed E-state index contributed by atoms with van der Waals surface area (Å²) >= 11 is 0. The maximum Gasteiger partial charge on any atom is 0.338 e. The van der Waals surface area contributed by atoms with Crippen LogP contribution in [0.2, 0.25) is 0 Å². The van der Waals surface area contributed by atoms with Crippen LogP contribution in [-0.4, -0.2) is 16.5 Å². The Labute approximate surface area is 155 Å². The molecule has 4 N–H and O–H groups in total. The van der Waals surface area contributed by atoms with E-state index in [1.54, 1.807) is 34.6 Å². The first-order valence-electron chi connectivity index (χ1n) is 8.18. The van der Waals surface area contributed by atoms with Gasteiger partial charge in [-0.25, -0.2) is 0 Å². The minimum atomic E-state index is -1.09. The van der Waals surface area contributed by atoms with Gasteiger partial charge in [-0.05, 0) is 11.8 Å². The Balaban J connectivity index is 2.42. The molecular weight excluding hydrogens is 356 g/mol. The molecule has 1 aromatic carbocycles. The third kappa shape index (κ3) is 2.81. The summed E-state index contributed by atoms with van der Waals surface area (Å²) in [5, 5.41) is 20.6. The molecule has 2 aliphatic heterocycles.